The van der Waals surface area contributed by atoms with Crippen LogP contribution in [-0.2, 0) is 30.4 Å². The van der Waals surface area contributed by atoms with E-state index in [1.165, 1.54) is 6.08 Å². The van der Waals surface area contributed by atoms with Crippen molar-refractivity contribution in [1.29, 1.82) is 0 Å². The van der Waals surface area contributed by atoms with Crippen molar-refractivity contribution in [2.45, 2.75) is 57.5 Å². The highest BCUT2D eigenvalue weighted by Gasteiger charge is 2.47. The molecule has 0 saturated heterocycles. The molecular weight excluding hydrogens is 400 g/mol. The van der Waals surface area contributed by atoms with E-state index in [2.05, 4.69) is 0 Å². The largest absolute Gasteiger partial charge is 0.489 e. The molecule has 1 aliphatic rings. The van der Waals surface area contributed by atoms with Crippen LogP contribution < -0.4 is 0 Å². The molecule has 7 heteroatoms. The third-order valence-electron chi connectivity index (χ3n) is 5.09. The minimum absolute atomic E-state index is 0.0203. The standard InChI is InChI=1S/C24H28O7/c1-3-7-21(26)31-22-19(25)13-24(28,23(27)29-4-2)14-20(22)30-15-16-10-11-17-8-5-6-9-18(17)12-16/h5-6,8-12,14,19,22,25,28H,3-4,7,13,15H2,1-2H3/t19-,22+,24-/m1/s1. The van der Waals surface area contributed by atoms with Crippen LogP contribution in [0.1, 0.15) is 38.7 Å². The van der Waals surface area contributed by atoms with Crippen molar-refractivity contribution in [3.05, 3.63) is 59.9 Å². The van der Waals surface area contributed by atoms with Crippen LogP contribution >= 0.6 is 0 Å². The Morgan fingerprint density at radius 2 is 1.87 bits per heavy atom. The minimum atomic E-state index is -2.07. The average molecular weight is 428 g/mol. The van der Waals surface area contributed by atoms with Gasteiger partial charge in [-0.15, -0.1) is 0 Å². The molecule has 0 bridgehead atoms. The van der Waals surface area contributed by atoms with E-state index in [1.54, 1.807) is 6.92 Å². The van der Waals surface area contributed by atoms with Gasteiger partial charge in [0.15, 0.2) is 11.7 Å². The van der Waals surface area contributed by atoms with E-state index in [0.717, 1.165) is 16.3 Å². The molecule has 0 unspecified atom stereocenters. The van der Waals surface area contributed by atoms with Crippen LogP contribution in [0, 0.1) is 0 Å². The maximum Gasteiger partial charge on any atom is 0.342 e. The van der Waals surface area contributed by atoms with E-state index in [-0.39, 0.29) is 31.8 Å². The molecule has 3 rings (SSSR count). The molecule has 3 atom stereocenters. The zero-order valence-electron chi connectivity index (χ0n) is 17.7. The lowest BCUT2D eigenvalue weighted by Gasteiger charge is -2.35. The van der Waals surface area contributed by atoms with Crippen LogP contribution in [0.2, 0.25) is 0 Å². The summed E-state index contributed by atoms with van der Waals surface area (Å²) in [5.41, 5.74) is -1.22. The predicted octanol–water partition coefficient (Wildman–Crippen LogP) is 3.01. The lowest BCUT2D eigenvalue weighted by atomic mass is 9.86. The van der Waals surface area contributed by atoms with Crippen molar-refractivity contribution < 1.29 is 34.0 Å². The topological polar surface area (TPSA) is 102 Å². The zero-order chi connectivity index (χ0) is 22.4. The Kier molecular flexibility index (Phi) is 7.30. The second-order valence-corrected chi connectivity index (χ2v) is 7.59. The monoisotopic (exact) mass is 428 g/mol. The molecule has 2 N–H and O–H groups in total. The minimum Gasteiger partial charge on any atom is -0.489 e. The van der Waals surface area contributed by atoms with Gasteiger partial charge in [-0.25, -0.2) is 4.79 Å². The number of ether oxygens (including phenoxy) is 3. The van der Waals surface area contributed by atoms with Crippen LogP contribution in [0.25, 0.3) is 10.8 Å². The van der Waals surface area contributed by atoms with Gasteiger partial charge in [0.25, 0.3) is 0 Å². The van der Waals surface area contributed by atoms with Gasteiger partial charge in [-0.2, -0.15) is 0 Å². The summed E-state index contributed by atoms with van der Waals surface area (Å²) in [4.78, 5) is 24.3. The maximum absolute atomic E-state index is 12.3. The van der Waals surface area contributed by atoms with Crippen LogP contribution in [0.5, 0.6) is 0 Å². The third-order valence-corrected chi connectivity index (χ3v) is 5.09. The molecule has 0 aliphatic heterocycles. The first kappa shape index (κ1) is 22.8. The Labute approximate surface area is 181 Å². The lowest BCUT2D eigenvalue weighted by Crippen LogP contribution is -2.50. The summed E-state index contributed by atoms with van der Waals surface area (Å²) in [6.07, 6.45) is -0.850. The van der Waals surface area contributed by atoms with Gasteiger partial charge in [0.05, 0.1) is 6.61 Å². The first-order valence-corrected chi connectivity index (χ1v) is 10.5. The van der Waals surface area contributed by atoms with Gasteiger partial charge in [0.1, 0.15) is 18.5 Å². The number of rotatable bonds is 8. The van der Waals surface area contributed by atoms with Gasteiger partial charge in [0.2, 0.25) is 0 Å². The highest BCUT2D eigenvalue weighted by atomic mass is 16.6. The van der Waals surface area contributed by atoms with Gasteiger partial charge in [0, 0.05) is 18.9 Å². The van der Waals surface area contributed by atoms with Crippen molar-refractivity contribution in [1.82, 2.24) is 0 Å². The molecule has 0 aromatic heterocycles. The first-order valence-electron chi connectivity index (χ1n) is 10.5. The van der Waals surface area contributed by atoms with E-state index in [9.17, 15) is 19.8 Å². The number of esters is 2. The molecular formula is C24H28O7. The number of carbonyl (C=O) groups excluding carboxylic acids is 2. The summed E-state index contributed by atoms with van der Waals surface area (Å²) >= 11 is 0. The molecule has 2 aromatic rings. The molecule has 0 saturated carbocycles. The van der Waals surface area contributed by atoms with E-state index in [0.29, 0.717) is 6.42 Å². The maximum atomic E-state index is 12.3. The molecule has 1 aliphatic carbocycles. The summed E-state index contributed by atoms with van der Waals surface area (Å²) in [6, 6.07) is 13.7. The van der Waals surface area contributed by atoms with E-state index < -0.39 is 29.7 Å². The molecule has 0 heterocycles. The van der Waals surface area contributed by atoms with Crippen LogP contribution in [0.3, 0.4) is 0 Å². The fourth-order valence-electron chi connectivity index (χ4n) is 3.55. The predicted molar refractivity (Wildman–Crippen MR) is 114 cm³/mol. The average Bonchev–Trinajstić information content (AvgIpc) is 2.74. The summed E-state index contributed by atoms with van der Waals surface area (Å²) < 4.78 is 16.2. The van der Waals surface area contributed by atoms with Gasteiger partial charge < -0.3 is 24.4 Å². The van der Waals surface area contributed by atoms with Gasteiger partial charge >= 0.3 is 11.9 Å². The number of hydrogen-bond donors (Lipinski definition) is 2. The molecule has 166 valence electrons. The molecule has 0 spiro atoms. The van der Waals surface area contributed by atoms with Crippen LogP contribution in [-0.4, -0.2) is 46.6 Å². The Balaban J connectivity index is 1.85. The number of benzene rings is 2. The first-order chi connectivity index (χ1) is 14.9. The van der Waals surface area contributed by atoms with Crippen LogP contribution in [0.15, 0.2) is 54.3 Å². The lowest BCUT2D eigenvalue weighted by molar-refractivity contribution is -0.172. The fourth-order valence-corrected chi connectivity index (χ4v) is 3.55. The molecule has 2 aromatic carbocycles. The van der Waals surface area contributed by atoms with E-state index >= 15 is 0 Å². The Morgan fingerprint density at radius 3 is 2.58 bits per heavy atom. The van der Waals surface area contributed by atoms with Crippen molar-refractivity contribution >= 4 is 22.7 Å². The van der Waals surface area contributed by atoms with E-state index in [1.807, 2.05) is 49.4 Å². The third kappa shape index (κ3) is 5.42. The second-order valence-electron chi connectivity index (χ2n) is 7.59. The molecule has 0 amide bonds. The molecule has 0 radical (unpaired) electrons. The Bertz CT molecular complexity index is 967. The summed E-state index contributed by atoms with van der Waals surface area (Å²) in [6.45, 7) is 3.64. The van der Waals surface area contributed by atoms with Crippen molar-refractivity contribution in [3.8, 4) is 0 Å². The molecule has 7 nitrogen and oxygen atoms in total. The van der Waals surface area contributed by atoms with Gasteiger partial charge in [-0.3, -0.25) is 4.79 Å². The highest BCUT2D eigenvalue weighted by Crippen LogP contribution is 2.32. The SMILES string of the molecule is CCCC(=O)O[C@@H]1C(OCc2ccc3ccccc3c2)=C[C@@](O)(C(=O)OCC)C[C@H]1O. The number of aliphatic hydroxyl groups is 2. The summed E-state index contributed by atoms with van der Waals surface area (Å²) in [7, 11) is 0. The van der Waals surface area contributed by atoms with E-state index in [4.69, 9.17) is 14.2 Å². The quantitative estimate of drug-likeness (QED) is 0.623. The summed E-state index contributed by atoms with van der Waals surface area (Å²) in [5.74, 6) is -1.36. The van der Waals surface area contributed by atoms with Crippen LogP contribution in [0.4, 0.5) is 0 Å². The zero-order valence-corrected chi connectivity index (χ0v) is 17.7. The Hall–Kier alpha value is -2.90. The Morgan fingerprint density at radius 1 is 1.13 bits per heavy atom. The fraction of sp³-hybridized carbons (Fsp3) is 0.417. The number of aliphatic hydroxyl groups excluding tert-OH is 1. The molecule has 31 heavy (non-hydrogen) atoms. The number of fused-ring (bicyclic) bond motifs is 1. The van der Waals surface area contributed by atoms with Crippen molar-refractivity contribution in [3.63, 3.8) is 0 Å². The van der Waals surface area contributed by atoms with Gasteiger partial charge in [-0.1, -0.05) is 43.3 Å². The highest BCUT2D eigenvalue weighted by molar-refractivity contribution is 5.83. The smallest absolute Gasteiger partial charge is 0.342 e. The normalized spacial score (nSPS) is 23.2. The summed E-state index contributed by atoms with van der Waals surface area (Å²) in [5, 5.41) is 23.5. The number of carbonyl (C=O) groups is 2. The number of hydrogen-bond acceptors (Lipinski definition) is 7. The molecule has 0 fully saturated rings. The van der Waals surface area contributed by atoms with Gasteiger partial charge in [-0.05, 0) is 35.7 Å². The van der Waals surface area contributed by atoms with Crippen molar-refractivity contribution in [2.24, 2.45) is 0 Å². The van der Waals surface area contributed by atoms with Crippen molar-refractivity contribution in [2.75, 3.05) is 6.61 Å². The second kappa shape index (κ2) is 9.94.